The molecule has 0 saturated carbocycles. The van der Waals surface area contributed by atoms with Crippen LogP contribution >= 0.6 is 0 Å². The number of fused-ring (bicyclic) bond motifs is 1. The largest absolute Gasteiger partial charge is 0.396 e. The highest BCUT2D eigenvalue weighted by Crippen LogP contribution is 2.29. The van der Waals surface area contributed by atoms with E-state index in [9.17, 15) is 4.79 Å². The predicted molar refractivity (Wildman–Crippen MR) is 91.4 cm³/mol. The van der Waals surface area contributed by atoms with Crippen molar-refractivity contribution in [1.82, 2.24) is 24.9 Å². The van der Waals surface area contributed by atoms with E-state index < -0.39 is 0 Å². The van der Waals surface area contributed by atoms with Crippen LogP contribution < -0.4 is 5.73 Å². The highest BCUT2D eigenvalue weighted by Gasteiger charge is 2.30. The maximum Gasteiger partial charge on any atom is 0.228 e. The summed E-state index contributed by atoms with van der Waals surface area (Å²) in [5.74, 6) is 0.344. The topological polar surface area (TPSA) is 92.8 Å². The van der Waals surface area contributed by atoms with Crippen LogP contribution in [0.4, 0.5) is 5.69 Å². The van der Waals surface area contributed by atoms with Gasteiger partial charge in [-0.15, -0.1) is 0 Å². The van der Waals surface area contributed by atoms with Gasteiger partial charge >= 0.3 is 0 Å². The molecule has 4 rings (SSSR count). The molecule has 1 saturated heterocycles. The van der Waals surface area contributed by atoms with E-state index in [0.717, 1.165) is 35.3 Å². The molecule has 24 heavy (non-hydrogen) atoms. The Balaban J connectivity index is 1.50. The Hall–Kier alpha value is -2.83. The second kappa shape index (κ2) is 5.67. The molecular formula is C17H20N6O. The van der Waals surface area contributed by atoms with Gasteiger partial charge in [-0.05, 0) is 12.5 Å². The van der Waals surface area contributed by atoms with Crippen LogP contribution in [0.25, 0.3) is 10.9 Å². The quantitative estimate of drug-likeness (QED) is 0.762. The van der Waals surface area contributed by atoms with Gasteiger partial charge in [0.1, 0.15) is 0 Å². The number of nitrogens with zero attached hydrogens (tertiary/aromatic N) is 4. The fraction of sp³-hybridized carbons (Fsp3) is 0.353. The minimum atomic E-state index is 0.111. The molecule has 1 aliphatic rings. The number of nitrogens with one attached hydrogen (secondary N) is 1. The smallest absolute Gasteiger partial charge is 0.228 e. The van der Waals surface area contributed by atoms with Gasteiger partial charge in [-0.2, -0.15) is 10.2 Å². The summed E-state index contributed by atoms with van der Waals surface area (Å²) in [6, 6.07) is 7.99. The van der Waals surface area contributed by atoms with Gasteiger partial charge in [0.15, 0.2) is 0 Å². The van der Waals surface area contributed by atoms with Crippen molar-refractivity contribution >= 4 is 22.5 Å². The van der Waals surface area contributed by atoms with E-state index in [1.54, 1.807) is 6.20 Å². The summed E-state index contributed by atoms with van der Waals surface area (Å²) in [5, 5.41) is 12.5. The third-order valence-corrected chi connectivity index (χ3v) is 4.80. The summed E-state index contributed by atoms with van der Waals surface area (Å²) >= 11 is 0. The molecule has 0 radical (unpaired) electrons. The summed E-state index contributed by atoms with van der Waals surface area (Å²) in [5.41, 5.74) is 9.41. The number of para-hydroxylation sites is 1. The van der Waals surface area contributed by atoms with Crippen molar-refractivity contribution in [3.63, 3.8) is 0 Å². The van der Waals surface area contributed by atoms with Crippen LogP contribution in [0.1, 0.15) is 23.7 Å². The van der Waals surface area contributed by atoms with Gasteiger partial charge in [0.25, 0.3) is 0 Å². The molecule has 7 nitrogen and oxygen atoms in total. The average molecular weight is 324 g/mol. The number of H-pyrrole nitrogens is 1. The Morgan fingerprint density at radius 1 is 1.42 bits per heavy atom. The van der Waals surface area contributed by atoms with Crippen LogP contribution in [0.3, 0.4) is 0 Å². The van der Waals surface area contributed by atoms with E-state index in [1.807, 2.05) is 40.9 Å². The van der Waals surface area contributed by atoms with Crippen LogP contribution in [0.2, 0.25) is 0 Å². The lowest BCUT2D eigenvalue weighted by molar-refractivity contribution is -0.129. The van der Waals surface area contributed by atoms with Gasteiger partial charge in [0, 0.05) is 31.4 Å². The Kier molecular flexibility index (Phi) is 3.48. The van der Waals surface area contributed by atoms with Gasteiger partial charge in [-0.3, -0.25) is 14.6 Å². The van der Waals surface area contributed by atoms with Crippen LogP contribution in [0, 0.1) is 0 Å². The SMILES string of the molecule is Cn1nc(CC(=O)N2CCC(c3[nH]ncc3N)C2)c2ccccc21. The molecule has 1 unspecified atom stereocenters. The molecular weight excluding hydrogens is 304 g/mol. The number of benzene rings is 1. The Labute approximate surface area is 139 Å². The van der Waals surface area contributed by atoms with Gasteiger partial charge in [0.2, 0.25) is 5.91 Å². The molecule has 124 valence electrons. The molecule has 1 amide bonds. The molecule has 0 bridgehead atoms. The first kappa shape index (κ1) is 14.7. The second-order valence-corrected chi connectivity index (χ2v) is 6.33. The maximum atomic E-state index is 12.7. The molecule has 1 fully saturated rings. The monoisotopic (exact) mass is 324 g/mol. The molecule has 2 aromatic heterocycles. The number of aromatic amines is 1. The van der Waals surface area contributed by atoms with Crippen molar-refractivity contribution in [2.24, 2.45) is 7.05 Å². The molecule has 1 atom stereocenters. The van der Waals surface area contributed by atoms with Gasteiger partial charge in [-0.25, -0.2) is 0 Å². The summed E-state index contributed by atoms with van der Waals surface area (Å²) in [4.78, 5) is 14.6. The molecule has 3 aromatic rings. The number of anilines is 1. The lowest BCUT2D eigenvalue weighted by Crippen LogP contribution is -2.30. The maximum absolute atomic E-state index is 12.7. The number of likely N-dealkylation sites (tertiary alicyclic amines) is 1. The van der Waals surface area contributed by atoms with Gasteiger partial charge in [-0.1, -0.05) is 18.2 Å². The Morgan fingerprint density at radius 2 is 2.25 bits per heavy atom. The number of aromatic nitrogens is 4. The molecule has 3 heterocycles. The number of aryl methyl sites for hydroxylation is 1. The Bertz CT molecular complexity index is 896. The van der Waals surface area contributed by atoms with Crippen LogP contribution in [0.5, 0.6) is 0 Å². The highest BCUT2D eigenvalue weighted by atomic mass is 16.2. The van der Waals surface area contributed by atoms with E-state index in [0.29, 0.717) is 18.7 Å². The number of carbonyl (C=O) groups is 1. The van der Waals surface area contributed by atoms with Crippen molar-refractivity contribution in [3.8, 4) is 0 Å². The molecule has 7 heteroatoms. The summed E-state index contributed by atoms with van der Waals surface area (Å²) in [7, 11) is 1.91. The van der Waals surface area contributed by atoms with Gasteiger partial charge in [0.05, 0.1) is 35.2 Å². The van der Waals surface area contributed by atoms with Crippen LogP contribution in [-0.4, -0.2) is 43.9 Å². The zero-order valence-corrected chi connectivity index (χ0v) is 13.6. The van der Waals surface area contributed by atoms with Crippen molar-refractivity contribution in [1.29, 1.82) is 0 Å². The third kappa shape index (κ3) is 2.42. The van der Waals surface area contributed by atoms with Crippen molar-refractivity contribution in [3.05, 3.63) is 41.9 Å². The number of nitrogen functional groups attached to an aromatic ring is 1. The standard InChI is InChI=1S/C17H20N6O/c1-22-15-5-3-2-4-12(15)14(21-22)8-16(24)23-7-6-11(10-23)17-13(18)9-19-20-17/h2-5,9,11H,6-8,10,18H2,1H3,(H,19,20). The molecule has 0 aliphatic carbocycles. The van der Waals surface area contributed by atoms with Gasteiger partial charge < -0.3 is 10.6 Å². The van der Waals surface area contributed by atoms with Crippen LogP contribution in [0.15, 0.2) is 30.5 Å². The zero-order valence-electron chi connectivity index (χ0n) is 13.6. The lowest BCUT2D eigenvalue weighted by atomic mass is 10.0. The number of carbonyl (C=O) groups excluding carboxylic acids is 1. The number of hydrogen-bond donors (Lipinski definition) is 2. The fourth-order valence-electron chi connectivity index (χ4n) is 3.53. The molecule has 3 N–H and O–H groups in total. The fourth-order valence-corrected chi connectivity index (χ4v) is 3.53. The molecule has 1 aromatic carbocycles. The number of hydrogen-bond acceptors (Lipinski definition) is 4. The van der Waals surface area contributed by atoms with E-state index in [2.05, 4.69) is 15.3 Å². The number of amides is 1. The van der Waals surface area contributed by atoms with E-state index in [1.165, 1.54) is 0 Å². The number of nitrogens with two attached hydrogens (primary N) is 1. The summed E-state index contributed by atoms with van der Waals surface area (Å²) < 4.78 is 1.83. The first-order valence-electron chi connectivity index (χ1n) is 8.10. The zero-order chi connectivity index (χ0) is 16.7. The first-order valence-corrected chi connectivity index (χ1v) is 8.10. The van der Waals surface area contributed by atoms with Crippen molar-refractivity contribution in [2.75, 3.05) is 18.8 Å². The minimum absolute atomic E-state index is 0.111. The predicted octanol–water partition coefficient (Wildman–Crippen LogP) is 1.44. The molecule has 1 aliphatic heterocycles. The lowest BCUT2D eigenvalue weighted by Gasteiger charge is -2.16. The second-order valence-electron chi connectivity index (χ2n) is 6.33. The van der Waals surface area contributed by atoms with Crippen LogP contribution in [-0.2, 0) is 18.3 Å². The Morgan fingerprint density at radius 3 is 3.04 bits per heavy atom. The first-order chi connectivity index (χ1) is 11.6. The third-order valence-electron chi connectivity index (χ3n) is 4.80. The summed E-state index contributed by atoms with van der Waals surface area (Å²) in [6.45, 7) is 1.42. The minimum Gasteiger partial charge on any atom is -0.396 e. The van der Waals surface area contributed by atoms with E-state index in [-0.39, 0.29) is 11.8 Å². The highest BCUT2D eigenvalue weighted by molar-refractivity contribution is 5.87. The summed E-state index contributed by atoms with van der Waals surface area (Å²) in [6.07, 6.45) is 2.85. The van der Waals surface area contributed by atoms with E-state index >= 15 is 0 Å². The van der Waals surface area contributed by atoms with Crippen molar-refractivity contribution < 1.29 is 4.79 Å². The normalized spacial score (nSPS) is 17.7. The van der Waals surface area contributed by atoms with Crippen molar-refractivity contribution in [2.45, 2.75) is 18.8 Å². The molecule has 0 spiro atoms. The van der Waals surface area contributed by atoms with E-state index in [4.69, 9.17) is 5.73 Å². The average Bonchev–Trinajstić information content (AvgIpc) is 3.28. The number of rotatable bonds is 3.